The number of carbonyl (C=O) groups excluding carboxylic acids is 2. The van der Waals surface area contributed by atoms with Gasteiger partial charge in [0.25, 0.3) is 0 Å². The first kappa shape index (κ1) is 22.4. The normalized spacial score (nSPS) is 18.6. The van der Waals surface area contributed by atoms with Crippen LogP contribution < -0.4 is 5.32 Å². The van der Waals surface area contributed by atoms with Crippen LogP contribution in [0.25, 0.3) is 10.9 Å². The lowest BCUT2D eigenvalue weighted by atomic mass is 10.2. The van der Waals surface area contributed by atoms with Gasteiger partial charge >= 0.3 is 0 Å². The smallest absolute Gasteiger partial charge is 0.242 e. The third-order valence-corrected chi connectivity index (χ3v) is 6.56. The van der Waals surface area contributed by atoms with Crippen LogP contribution in [0, 0.1) is 0 Å². The highest BCUT2D eigenvalue weighted by molar-refractivity contribution is 8.00. The zero-order valence-corrected chi connectivity index (χ0v) is 19.3. The number of amides is 2. The van der Waals surface area contributed by atoms with Crippen molar-refractivity contribution in [3.05, 3.63) is 66.4 Å². The van der Waals surface area contributed by atoms with Crippen LogP contribution in [0.1, 0.15) is 19.4 Å². The van der Waals surface area contributed by atoms with E-state index in [0.29, 0.717) is 25.4 Å². The van der Waals surface area contributed by atoms with Crippen LogP contribution in [-0.4, -0.2) is 52.3 Å². The molecule has 1 fully saturated rings. The number of para-hydroxylation sites is 1. The van der Waals surface area contributed by atoms with Crippen molar-refractivity contribution in [2.45, 2.75) is 44.0 Å². The third-order valence-electron chi connectivity index (χ3n) is 5.52. The maximum atomic E-state index is 13.0. The maximum absolute atomic E-state index is 13.0. The molecule has 1 aliphatic heterocycles. The lowest BCUT2D eigenvalue weighted by Gasteiger charge is -2.35. The van der Waals surface area contributed by atoms with Gasteiger partial charge in [-0.1, -0.05) is 48.5 Å². The fourth-order valence-corrected chi connectivity index (χ4v) is 5.00. The highest BCUT2D eigenvalue weighted by atomic mass is 32.2. The molecule has 0 saturated carbocycles. The summed E-state index contributed by atoms with van der Waals surface area (Å²) in [4.78, 5) is 28.2. The van der Waals surface area contributed by atoms with E-state index in [1.807, 2.05) is 84.1 Å². The molecule has 2 heterocycles. The molecule has 6 nitrogen and oxygen atoms in total. The van der Waals surface area contributed by atoms with Gasteiger partial charge in [0.2, 0.25) is 11.8 Å². The lowest BCUT2D eigenvalue weighted by molar-refractivity contribution is -0.143. The van der Waals surface area contributed by atoms with E-state index in [2.05, 4.69) is 5.32 Å². The molecule has 1 saturated heterocycles. The van der Waals surface area contributed by atoms with Gasteiger partial charge in [0.15, 0.2) is 0 Å². The van der Waals surface area contributed by atoms with E-state index in [1.165, 1.54) is 11.8 Å². The van der Waals surface area contributed by atoms with E-state index in [1.54, 1.807) is 0 Å². The van der Waals surface area contributed by atoms with Crippen LogP contribution in [0.3, 0.4) is 0 Å². The Kier molecular flexibility index (Phi) is 7.17. The molecular formula is C25H29N3O3S. The van der Waals surface area contributed by atoms with Crippen molar-refractivity contribution < 1.29 is 14.3 Å². The summed E-state index contributed by atoms with van der Waals surface area (Å²) >= 11 is 1.50. The van der Waals surface area contributed by atoms with Crippen LogP contribution in [0.15, 0.2) is 65.7 Å². The van der Waals surface area contributed by atoms with E-state index < -0.39 is 0 Å². The third kappa shape index (κ3) is 5.53. The Balaban J connectivity index is 1.41. The minimum absolute atomic E-state index is 0.0111. The number of morpholine rings is 1. The molecule has 1 aliphatic rings. The minimum atomic E-state index is -0.0111. The number of aromatic nitrogens is 1. The summed E-state index contributed by atoms with van der Waals surface area (Å²) < 4.78 is 7.74. The molecule has 32 heavy (non-hydrogen) atoms. The average Bonchev–Trinajstić information content (AvgIpc) is 3.14. The van der Waals surface area contributed by atoms with E-state index in [4.69, 9.17) is 4.74 Å². The second kappa shape index (κ2) is 10.2. The van der Waals surface area contributed by atoms with E-state index in [0.717, 1.165) is 21.4 Å². The van der Waals surface area contributed by atoms with Gasteiger partial charge in [-0.2, -0.15) is 0 Å². The fourth-order valence-electron chi connectivity index (χ4n) is 4.08. The molecule has 0 aliphatic carbocycles. The first-order valence-electron chi connectivity index (χ1n) is 10.9. The molecule has 168 valence electrons. The Morgan fingerprint density at radius 3 is 2.47 bits per heavy atom. The Morgan fingerprint density at radius 2 is 1.72 bits per heavy atom. The van der Waals surface area contributed by atoms with Crippen LogP contribution in [0.4, 0.5) is 0 Å². The number of rotatable bonds is 7. The molecule has 4 rings (SSSR count). The van der Waals surface area contributed by atoms with Crippen LogP contribution >= 0.6 is 11.8 Å². The highest BCUT2D eigenvalue weighted by Crippen LogP contribution is 2.30. The summed E-state index contributed by atoms with van der Waals surface area (Å²) in [6, 6.07) is 17.9. The van der Waals surface area contributed by atoms with Gasteiger partial charge in [-0.25, -0.2) is 0 Å². The van der Waals surface area contributed by atoms with Crippen molar-refractivity contribution in [3.63, 3.8) is 0 Å². The van der Waals surface area contributed by atoms with Crippen LogP contribution in [0.2, 0.25) is 0 Å². The Bertz CT molecular complexity index is 1070. The summed E-state index contributed by atoms with van der Waals surface area (Å²) in [5, 5.41) is 4.03. The summed E-state index contributed by atoms with van der Waals surface area (Å²) in [5.74, 6) is 0.403. The van der Waals surface area contributed by atoms with Gasteiger partial charge in [0.1, 0.15) is 6.54 Å². The van der Waals surface area contributed by atoms with Gasteiger partial charge in [-0.05, 0) is 25.5 Å². The van der Waals surface area contributed by atoms with Gasteiger partial charge in [-0.3, -0.25) is 9.59 Å². The number of hydrogen-bond donors (Lipinski definition) is 1. The number of hydrogen-bond acceptors (Lipinski definition) is 4. The summed E-state index contributed by atoms with van der Waals surface area (Å²) in [7, 11) is 0. The average molecular weight is 452 g/mol. The predicted octanol–water partition coefficient (Wildman–Crippen LogP) is 3.69. The maximum Gasteiger partial charge on any atom is 0.242 e. The number of fused-ring (bicyclic) bond motifs is 1. The minimum Gasteiger partial charge on any atom is -0.372 e. The molecule has 2 amide bonds. The number of ether oxygens (including phenoxy) is 1. The predicted molar refractivity (Wildman–Crippen MR) is 128 cm³/mol. The topological polar surface area (TPSA) is 63.6 Å². The number of carbonyl (C=O) groups is 2. The van der Waals surface area contributed by atoms with Gasteiger partial charge in [0, 0.05) is 41.6 Å². The van der Waals surface area contributed by atoms with Crippen molar-refractivity contribution in [1.82, 2.24) is 14.8 Å². The van der Waals surface area contributed by atoms with Gasteiger partial charge in [-0.15, -0.1) is 11.8 Å². The first-order valence-corrected chi connectivity index (χ1v) is 11.9. The summed E-state index contributed by atoms with van der Waals surface area (Å²) in [6.07, 6.45) is 2.08. The largest absolute Gasteiger partial charge is 0.372 e. The number of nitrogens with one attached hydrogen (secondary N) is 1. The van der Waals surface area contributed by atoms with Crippen LogP contribution in [-0.2, 0) is 27.4 Å². The van der Waals surface area contributed by atoms with Crippen molar-refractivity contribution >= 4 is 34.5 Å². The monoisotopic (exact) mass is 451 g/mol. The van der Waals surface area contributed by atoms with E-state index >= 15 is 0 Å². The second-order valence-corrected chi connectivity index (χ2v) is 9.26. The molecule has 2 unspecified atom stereocenters. The molecule has 0 spiro atoms. The highest BCUT2D eigenvalue weighted by Gasteiger charge is 2.26. The van der Waals surface area contributed by atoms with Crippen molar-refractivity contribution in [2.75, 3.05) is 18.8 Å². The van der Waals surface area contributed by atoms with Crippen molar-refractivity contribution in [3.8, 4) is 0 Å². The summed E-state index contributed by atoms with van der Waals surface area (Å²) in [5.41, 5.74) is 2.08. The fraction of sp³-hybridized carbons (Fsp3) is 0.360. The molecule has 2 aromatic carbocycles. The van der Waals surface area contributed by atoms with Gasteiger partial charge in [0.05, 0.1) is 18.0 Å². The van der Waals surface area contributed by atoms with Crippen LogP contribution in [0.5, 0.6) is 0 Å². The molecule has 2 atom stereocenters. The standard InChI is InChI=1S/C25H29N3O3S/c1-18-13-28(14-19(2)31-18)25(30)16-27-15-23(21-10-6-7-11-22(21)27)32-17-24(29)26-12-20-8-4-3-5-9-20/h3-11,15,18-19H,12-14,16-17H2,1-2H3,(H,26,29). The summed E-state index contributed by atoms with van der Waals surface area (Å²) in [6.45, 7) is 6.03. The molecule has 0 bridgehead atoms. The Morgan fingerprint density at radius 1 is 1.03 bits per heavy atom. The molecule has 1 N–H and O–H groups in total. The van der Waals surface area contributed by atoms with Crippen molar-refractivity contribution in [1.29, 1.82) is 0 Å². The Labute approximate surface area is 192 Å². The molecule has 1 aromatic heterocycles. The Hall–Kier alpha value is -2.77. The van der Waals surface area contributed by atoms with E-state index in [-0.39, 0.29) is 30.6 Å². The zero-order chi connectivity index (χ0) is 22.5. The lowest BCUT2D eigenvalue weighted by Crippen LogP contribution is -2.49. The zero-order valence-electron chi connectivity index (χ0n) is 18.5. The van der Waals surface area contributed by atoms with Gasteiger partial charge < -0.3 is 19.5 Å². The quantitative estimate of drug-likeness (QED) is 0.557. The number of nitrogens with zero attached hydrogens (tertiary/aromatic N) is 2. The first-order chi connectivity index (χ1) is 15.5. The number of benzene rings is 2. The molecular weight excluding hydrogens is 422 g/mol. The SMILES string of the molecule is CC1CN(C(=O)Cn2cc(SCC(=O)NCc3ccccc3)c3ccccc32)CC(C)O1. The molecule has 7 heteroatoms. The molecule has 3 aromatic rings. The number of thioether (sulfide) groups is 1. The molecule has 0 radical (unpaired) electrons. The van der Waals surface area contributed by atoms with E-state index in [9.17, 15) is 9.59 Å². The van der Waals surface area contributed by atoms with Crippen molar-refractivity contribution in [2.24, 2.45) is 0 Å². The second-order valence-electron chi connectivity index (χ2n) is 8.25.